The van der Waals surface area contributed by atoms with Gasteiger partial charge in [0.2, 0.25) is 0 Å². The maximum absolute atomic E-state index is 9.67. The molecule has 1 unspecified atom stereocenters. The van der Waals surface area contributed by atoms with Gasteiger partial charge in [0.25, 0.3) is 0 Å². The average molecular weight is 156 g/mol. The van der Waals surface area contributed by atoms with Crippen molar-refractivity contribution in [2.75, 3.05) is 6.61 Å². The molecule has 0 heterocycles. The molecule has 4 atom stereocenters. The Labute approximate surface area is 67.2 Å². The highest BCUT2D eigenvalue weighted by Crippen LogP contribution is 2.57. The third-order valence-corrected chi connectivity index (χ3v) is 3.95. The van der Waals surface area contributed by atoms with E-state index in [1.165, 1.54) is 6.42 Å². The molecule has 2 nitrogen and oxygen atoms in total. The quantitative estimate of drug-likeness (QED) is 0.589. The minimum absolute atomic E-state index is 0.0411. The van der Waals surface area contributed by atoms with Crippen molar-refractivity contribution in [3.05, 3.63) is 0 Å². The second-order valence-corrected chi connectivity index (χ2v) is 4.35. The second-order valence-electron chi connectivity index (χ2n) is 4.35. The maximum atomic E-state index is 9.67. The molecule has 64 valence electrons. The molecule has 0 aliphatic heterocycles. The van der Waals surface area contributed by atoms with Crippen molar-refractivity contribution in [3.63, 3.8) is 0 Å². The van der Waals surface area contributed by atoms with Crippen LogP contribution in [0.25, 0.3) is 0 Å². The Kier molecular flexibility index (Phi) is 1.52. The van der Waals surface area contributed by atoms with Crippen molar-refractivity contribution >= 4 is 0 Å². The van der Waals surface area contributed by atoms with Crippen molar-refractivity contribution in [2.45, 2.75) is 32.3 Å². The molecule has 2 aliphatic rings. The first kappa shape index (κ1) is 7.56. The normalized spacial score (nSPS) is 55.4. The number of aliphatic hydroxyl groups excluding tert-OH is 2. The van der Waals surface area contributed by atoms with Gasteiger partial charge in [0.15, 0.2) is 0 Å². The summed E-state index contributed by atoms with van der Waals surface area (Å²) in [6.45, 7) is 2.38. The summed E-state index contributed by atoms with van der Waals surface area (Å²) in [5.41, 5.74) is 0.0411. The number of hydrogen-bond donors (Lipinski definition) is 2. The Bertz CT molecular complexity index is 169. The van der Waals surface area contributed by atoms with Crippen molar-refractivity contribution < 1.29 is 10.2 Å². The number of fused-ring (bicyclic) bond motifs is 2. The van der Waals surface area contributed by atoms with Crippen LogP contribution in [0.15, 0.2) is 0 Å². The zero-order valence-electron chi connectivity index (χ0n) is 6.95. The third kappa shape index (κ3) is 0.798. The maximum Gasteiger partial charge on any atom is 0.0600 e. The molecule has 2 bridgehead atoms. The van der Waals surface area contributed by atoms with E-state index in [9.17, 15) is 5.11 Å². The van der Waals surface area contributed by atoms with E-state index < -0.39 is 0 Å². The SMILES string of the molecule is C[C@@]12CC[C@@H](C[C@@H]1O)C2CO. The van der Waals surface area contributed by atoms with Gasteiger partial charge in [-0.2, -0.15) is 0 Å². The van der Waals surface area contributed by atoms with Gasteiger partial charge in [0, 0.05) is 6.61 Å². The molecule has 0 amide bonds. The van der Waals surface area contributed by atoms with E-state index in [1.54, 1.807) is 0 Å². The van der Waals surface area contributed by atoms with Crippen LogP contribution in [0.4, 0.5) is 0 Å². The van der Waals surface area contributed by atoms with Crippen LogP contribution < -0.4 is 0 Å². The molecule has 2 saturated carbocycles. The van der Waals surface area contributed by atoms with E-state index in [2.05, 4.69) is 6.92 Å². The smallest absolute Gasteiger partial charge is 0.0600 e. The van der Waals surface area contributed by atoms with Gasteiger partial charge >= 0.3 is 0 Å². The van der Waals surface area contributed by atoms with Crippen LogP contribution in [0.3, 0.4) is 0 Å². The molecular weight excluding hydrogens is 140 g/mol. The molecule has 0 radical (unpaired) electrons. The third-order valence-electron chi connectivity index (χ3n) is 3.95. The monoisotopic (exact) mass is 156 g/mol. The molecule has 0 aromatic rings. The largest absolute Gasteiger partial charge is 0.396 e. The number of aliphatic hydroxyl groups is 2. The van der Waals surface area contributed by atoms with E-state index in [0.717, 1.165) is 12.8 Å². The minimum Gasteiger partial charge on any atom is -0.396 e. The van der Waals surface area contributed by atoms with E-state index >= 15 is 0 Å². The summed E-state index contributed by atoms with van der Waals surface area (Å²) in [4.78, 5) is 0. The van der Waals surface area contributed by atoms with Crippen LogP contribution in [-0.2, 0) is 0 Å². The van der Waals surface area contributed by atoms with E-state index in [-0.39, 0.29) is 18.1 Å². The van der Waals surface area contributed by atoms with Gasteiger partial charge in [-0.25, -0.2) is 0 Å². The Morgan fingerprint density at radius 3 is 2.55 bits per heavy atom. The highest BCUT2D eigenvalue weighted by atomic mass is 16.3. The zero-order chi connectivity index (χ0) is 8.06. The Hall–Kier alpha value is -0.0800. The first-order chi connectivity index (χ1) is 5.18. The van der Waals surface area contributed by atoms with Crippen molar-refractivity contribution in [1.29, 1.82) is 0 Å². The predicted molar refractivity (Wildman–Crippen MR) is 42.0 cm³/mol. The summed E-state index contributed by atoms with van der Waals surface area (Å²) in [7, 11) is 0. The van der Waals surface area contributed by atoms with Crippen LogP contribution >= 0.6 is 0 Å². The fourth-order valence-electron chi connectivity index (χ4n) is 3.03. The van der Waals surface area contributed by atoms with Crippen LogP contribution in [0, 0.1) is 17.3 Å². The minimum atomic E-state index is -0.154. The molecule has 2 heteroatoms. The lowest BCUT2D eigenvalue weighted by Gasteiger charge is -2.29. The number of hydrogen-bond acceptors (Lipinski definition) is 2. The van der Waals surface area contributed by atoms with Crippen LogP contribution in [-0.4, -0.2) is 22.9 Å². The summed E-state index contributed by atoms with van der Waals surface area (Å²) >= 11 is 0. The lowest BCUT2D eigenvalue weighted by molar-refractivity contribution is 0.0243. The standard InChI is InChI=1S/C9H16O2/c1-9-3-2-6(4-8(9)11)7(9)5-10/h6-8,10-11H,2-5H2,1H3/t6-,7?,8-,9-/m0/s1. The van der Waals surface area contributed by atoms with Crippen LogP contribution in [0.2, 0.25) is 0 Å². The summed E-state index contributed by atoms with van der Waals surface area (Å²) in [6.07, 6.45) is 3.07. The molecular formula is C9H16O2. The highest BCUT2D eigenvalue weighted by Gasteiger charge is 2.55. The van der Waals surface area contributed by atoms with Gasteiger partial charge in [0.05, 0.1) is 6.10 Å². The lowest BCUT2D eigenvalue weighted by Crippen LogP contribution is -2.31. The molecule has 2 fully saturated rings. The molecule has 2 rings (SSSR count). The second kappa shape index (κ2) is 2.20. The summed E-state index contributed by atoms with van der Waals surface area (Å²) < 4.78 is 0. The first-order valence-electron chi connectivity index (χ1n) is 4.47. The molecule has 0 aromatic heterocycles. The summed E-state index contributed by atoms with van der Waals surface area (Å²) in [5.74, 6) is 0.970. The van der Waals surface area contributed by atoms with Crippen LogP contribution in [0.5, 0.6) is 0 Å². The molecule has 2 N–H and O–H groups in total. The summed E-state index contributed by atoms with van der Waals surface area (Å²) in [6, 6.07) is 0. The Morgan fingerprint density at radius 2 is 2.27 bits per heavy atom. The summed E-state index contributed by atoms with van der Waals surface area (Å²) in [5, 5.41) is 18.8. The number of rotatable bonds is 1. The van der Waals surface area contributed by atoms with E-state index in [0.29, 0.717) is 11.8 Å². The van der Waals surface area contributed by atoms with Gasteiger partial charge in [0.1, 0.15) is 0 Å². The van der Waals surface area contributed by atoms with E-state index in [4.69, 9.17) is 5.11 Å². The Morgan fingerprint density at radius 1 is 1.55 bits per heavy atom. The molecule has 0 spiro atoms. The highest BCUT2D eigenvalue weighted by molar-refractivity contribution is 5.04. The fraction of sp³-hybridized carbons (Fsp3) is 1.00. The Balaban J connectivity index is 2.24. The molecule has 0 saturated heterocycles. The van der Waals surface area contributed by atoms with Crippen molar-refractivity contribution in [1.82, 2.24) is 0 Å². The lowest BCUT2D eigenvalue weighted by atomic mass is 9.79. The first-order valence-corrected chi connectivity index (χ1v) is 4.47. The van der Waals surface area contributed by atoms with Crippen molar-refractivity contribution in [3.8, 4) is 0 Å². The molecule has 2 aliphatic carbocycles. The van der Waals surface area contributed by atoms with Gasteiger partial charge in [-0.15, -0.1) is 0 Å². The molecule has 11 heavy (non-hydrogen) atoms. The van der Waals surface area contributed by atoms with Crippen LogP contribution in [0.1, 0.15) is 26.2 Å². The average Bonchev–Trinajstić information content (AvgIpc) is 2.38. The molecule has 0 aromatic carbocycles. The van der Waals surface area contributed by atoms with Gasteiger partial charge < -0.3 is 10.2 Å². The van der Waals surface area contributed by atoms with Gasteiger partial charge in [-0.1, -0.05) is 6.92 Å². The van der Waals surface area contributed by atoms with Gasteiger partial charge in [-0.3, -0.25) is 0 Å². The van der Waals surface area contributed by atoms with Gasteiger partial charge in [-0.05, 0) is 36.5 Å². The van der Waals surface area contributed by atoms with Crippen molar-refractivity contribution in [2.24, 2.45) is 17.3 Å². The fourth-order valence-corrected chi connectivity index (χ4v) is 3.03. The predicted octanol–water partition coefficient (Wildman–Crippen LogP) is 0.776. The van der Waals surface area contributed by atoms with E-state index in [1.807, 2.05) is 0 Å². The topological polar surface area (TPSA) is 40.5 Å². The zero-order valence-corrected chi connectivity index (χ0v) is 6.95.